The van der Waals surface area contributed by atoms with Crippen molar-refractivity contribution in [3.63, 3.8) is 0 Å². The summed E-state index contributed by atoms with van der Waals surface area (Å²) in [5, 5.41) is 8.40. The van der Waals surface area contributed by atoms with Gasteiger partial charge in [0.25, 0.3) is 0 Å². The number of hydrogen-bond acceptors (Lipinski definition) is 2. The van der Waals surface area contributed by atoms with Crippen molar-refractivity contribution in [1.29, 1.82) is 5.26 Å². The Morgan fingerprint density at radius 1 is 1.50 bits per heavy atom. The molecule has 0 aliphatic carbocycles. The molecule has 0 spiro atoms. The lowest BCUT2D eigenvalue weighted by Gasteiger charge is -2.02. The summed E-state index contributed by atoms with van der Waals surface area (Å²) in [6.07, 6.45) is 3.56. The maximum Gasteiger partial charge on any atom is 0.134 e. The monoisotopic (exact) mass is 185 g/mol. The summed E-state index contributed by atoms with van der Waals surface area (Å²) in [6, 6.07) is 9.51. The van der Waals surface area contributed by atoms with E-state index in [0.29, 0.717) is 6.42 Å². The van der Waals surface area contributed by atoms with Gasteiger partial charge >= 0.3 is 0 Å². The minimum atomic E-state index is 0.128. The SMILES string of the molecule is CC(=O)Cc1ccccc1C=CC#N. The fourth-order valence-electron chi connectivity index (χ4n) is 1.25. The number of carbonyl (C=O) groups is 1. The average molecular weight is 185 g/mol. The first-order valence-corrected chi connectivity index (χ1v) is 4.37. The molecule has 0 aliphatic heterocycles. The first kappa shape index (κ1) is 10.2. The number of rotatable bonds is 3. The Labute approximate surface area is 83.5 Å². The maximum atomic E-state index is 11.0. The van der Waals surface area contributed by atoms with Crippen molar-refractivity contribution in [2.45, 2.75) is 13.3 Å². The molecule has 0 saturated carbocycles. The van der Waals surface area contributed by atoms with E-state index < -0.39 is 0 Å². The van der Waals surface area contributed by atoms with Crippen LogP contribution in [0.1, 0.15) is 18.1 Å². The summed E-state index contributed by atoms with van der Waals surface area (Å²) in [6.45, 7) is 1.56. The number of benzene rings is 1. The van der Waals surface area contributed by atoms with E-state index in [1.807, 2.05) is 30.3 Å². The van der Waals surface area contributed by atoms with Crippen molar-refractivity contribution in [3.05, 3.63) is 41.5 Å². The van der Waals surface area contributed by atoms with Gasteiger partial charge in [-0.15, -0.1) is 0 Å². The first-order chi connectivity index (χ1) is 6.74. The quantitative estimate of drug-likeness (QED) is 0.678. The standard InChI is InChI=1S/C12H11NO/c1-10(14)9-12-6-3-2-5-11(12)7-4-8-13/h2-7H,9H2,1H3. The number of Topliss-reactive ketones (excluding diaryl/α,β-unsaturated/α-hetero) is 1. The van der Waals surface area contributed by atoms with Gasteiger partial charge in [0.15, 0.2) is 0 Å². The Morgan fingerprint density at radius 2 is 2.21 bits per heavy atom. The van der Waals surface area contributed by atoms with Crippen molar-refractivity contribution in [1.82, 2.24) is 0 Å². The predicted octanol–water partition coefficient (Wildman–Crippen LogP) is 2.35. The molecule has 0 aromatic heterocycles. The normalized spacial score (nSPS) is 10.0. The van der Waals surface area contributed by atoms with Crippen LogP contribution in [0.15, 0.2) is 30.3 Å². The summed E-state index contributed by atoms with van der Waals surface area (Å²) in [5.74, 6) is 0.128. The number of nitrogens with zero attached hydrogens (tertiary/aromatic N) is 1. The summed E-state index contributed by atoms with van der Waals surface area (Å²) in [7, 11) is 0. The number of allylic oxidation sites excluding steroid dienone is 1. The Bertz CT molecular complexity index is 399. The fraction of sp³-hybridized carbons (Fsp3) is 0.167. The largest absolute Gasteiger partial charge is 0.300 e. The van der Waals surface area contributed by atoms with Gasteiger partial charge in [-0.2, -0.15) is 5.26 Å². The lowest BCUT2D eigenvalue weighted by molar-refractivity contribution is -0.116. The molecule has 14 heavy (non-hydrogen) atoms. The van der Waals surface area contributed by atoms with Gasteiger partial charge in [-0.05, 0) is 24.1 Å². The van der Waals surface area contributed by atoms with Gasteiger partial charge in [0.2, 0.25) is 0 Å². The molecule has 0 heterocycles. The van der Waals surface area contributed by atoms with Gasteiger partial charge in [-0.1, -0.05) is 24.3 Å². The lowest BCUT2D eigenvalue weighted by atomic mass is 10.0. The maximum absolute atomic E-state index is 11.0. The zero-order valence-electron chi connectivity index (χ0n) is 8.03. The third-order valence-electron chi connectivity index (χ3n) is 1.83. The van der Waals surface area contributed by atoms with Crippen molar-refractivity contribution >= 4 is 11.9 Å². The Balaban J connectivity index is 2.98. The molecule has 1 aromatic carbocycles. The second-order valence-electron chi connectivity index (χ2n) is 3.04. The van der Waals surface area contributed by atoms with E-state index in [-0.39, 0.29) is 5.78 Å². The molecule has 0 N–H and O–H groups in total. The van der Waals surface area contributed by atoms with E-state index >= 15 is 0 Å². The third kappa shape index (κ3) is 2.87. The van der Waals surface area contributed by atoms with Gasteiger partial charge in [-0.25, -0.2) is 0 Å². The summed E-state index contributed by atoms with van der Waals surface area (Å²) >= 11 is 0. The van der Waals surface area contributed by atoms with Crippen LogP contribution in [0.25, 0.3) is 6.08 Å². The van der Waals surface area contributed by atoms with Crippen molar-refractivity contribution in [2.24, 2.45) is 0 Å². The molecule has 0 saturated heterocycles. The van der Waals surface area contributed by atoms with Gasteiger partial charge in [-0.3, -0.25) is 4.79 Å². The number of carbonyl (C=O) groups excluding carboxylic acids is 1. The highest BCUT2D eigenvalue weighted by Crippen LogP contribution is 2.11. The number of nitriles is 1. The Morgan fingerprint density at radius 3 is 2.86 bits per heavy atom. The zero-order valence-corrected chi connectivity index (χ0v) is 8.03. The molecule has 0 fully saturated rings. The van der Waals surface area contributed by atoms with Gasteiger partial charge in [0.1, 0.15) is 5.78 Å². The highest BCUT2D eigenvalue weighted by Gasteiger charge is 2.00. The van der Waals surface area contributed by atoms with Crippen LogP contribution in [0.5, 0.6) is 0 Å². The number of ketones is 1. The van der Waals surface area contributed by atoms with E-state index in [0.717, 1.165) is 11.1 Å². The van der Waals surface area contributed by atoms with E-state index in [1.165, 1.54) is 6.08 Å². The first-order valence-electron chi connectivity index (χ1n) is 4.37. The van der Waals surface area contributed by atoms with Crippen LogP contribution < -0.4 is 0 Å². The molecule has 0 amide bonds. The molecule has 0 atom stereocenters. The fourth-order valence-corrected chi connectivity index (χ4v) is 1.25. The predicted molar refractivity (Wildman–Crippen MR) is 55.5 cm³/mol. The van der Waals surface area contributed by atoms with E-state index in [4.69, 9.17) is 5.26 Å². The zero-order chi connectivity index (χ0) is 10.4. The minimum Gasteiger partial charge on any atom is -0.300 e. The second kappa shape index (κ2) is 4.98. The summed E-state index contributed by atoms with van der Waals surface area (Å²) in [5.41, 5.74) is 1.90. The Hall–Kier alpha value is -1.88. The molecule has 2 nitrogen and oxygen atoms in total. The molecule has 1 rings (SSSR count). The van der Waals surface area contributed by atoms with Crippen LogP contribution in [0.3, 0.4) is 0 Å². The summed E-state index contributed by atoms with van der Waals surface area (Å²) in [4.78, 5) is 11.0. The molecular weight excluding hydrogens is 174 g/mol. The average Bonchev–Trinajstić information content (AvgIpc) is 2.16. The van der Waals surface area contributed by atoms with Crippen molar-refractivity contribution in [3.8, 4) is 6.07 Å². The molecule has 0 bridgehead atoms. The molecule has 0 aliphatic rings. The minimum absolute atomic E-state index is 0.128. The van der Waals surface area contributed by atoms with Crippen molar-refractivity contribution in [2.75, 3.05) is 0 Å². The molecule has 0 radical (unpaired) electrons. The van der Waals surface area contributed by atoms with Crippen LogP contribution in [-0.2, 0) is 11.2 Å². The van der Waals surface area contributed by atoms with Crippen LogP contribution >= 0.6 is 0 Å². The molecule has 1 aromatic rings. The Kier molecular flexibility index (Phi) is 3.63. The van der Waals surface area contributed by atoms with Crippen LogP contribution in [-0.4, -0.2) is 5.78 Å². The van der Waals surface area contributed by atoms with Gasteiger partial charge in [0.05, 0.1) is 6.07 Å². The topological polar surface area (TPSA) is 40.9 Å². The van der Waals surface area contributed by atoms with Crippen molar-refractivity contribution < 1.29 is 4.79 Å². The highest BCUT2D eigenvalue weighted by molar-refractivity contribution is 5.79. The van der Waals surface area contributed by atoms with Crippen LogP contribution in [0.2, 0.25) is 0 Å². The molecule has 0 unspecified atom stereocenters. The third-order valence-corrected chi connectivity index (χ3v) is 1.83. The highest BCUT2D eigenvalue weighted by atomic mass is 16.1. The van der Waals surface area contributed by atoms with E-state index in [2.05, 4.69) is 0 Å². The van der Waals surface area contributed by atoms with E-state index in [1.54, 1.807) is 13.0 Å². The van der Waals surface area contributed by atoms with Crippen LogP contribution in [0, 0.1) is 11.3 Å². The summed E-state index contributed by atoms with van der Waals surface area (Å²) < 4.78 is 0. The molecule has 70 valence electrons. The van der Waals surface area contributed by atoms with Gasteiger partial charge < -0.3 is 0 Å². The molecular formula is C12H11NO. The lowest BCUT2D eigenvalue weighted by Crippen LogP contribution is -1.98. The van der Waals surface area contributed by atoms with Gasteiger partial charge in [0, 0.05) is 12.5 Å². The smallest absolute Gasteiger partial charge is 0.134 e. The van der Waals surface area contributed by atoms with E-state index in [9.17, 15) is 4.79 Å². The molecule has 2 heteroatoms. The van der Waals surface area contributed by atoms with Crippen LogP contribution in [0.4, 0.5) is 0 Å². The second-order valence-corrected chi connectivity index (χ2v) is 3.04. The number of hydrogen-bond donors (Lipinski definition) is 0.